The number of nitrogens with zero attached hydrogens (tertiary/aromatic N) is 3. The number of hydrogen-bond donors (Lipinski definition) is 1. The fourth-order valence-electron chi connectivity index (χ4n) is 2.57. The van der Waals surface area contributed by atoms with E-state index < -0.39 is 50.7 Å². The molecular formula is C18H21FN4O7S. The maximum Gasteiger partial charge on any atom is 0.304 e. The molecule has 0 fully saturated rings. The molecule has 1 amide bonds. The average molecular weight is 456 g/mol. The van der Waals surface area contributed by atoms with Gasteiger partial charge in [0, 0.05) is 6.92 Å². The highest BCUT2D eigenvalue weighted by Crippen LogP contribution is 2.27. The number of benzene rings is 1. The number of hydrogen-bond acceptors (Lipinski definition) is 9. The Balaban J connectivity index is 2.78. The van der Waals surface area contributed by atoms with Gasteiger partial charge in [0.15, 0.2) is 6.17 Å². The number of sulfonamides is 1. The predicted molar refractivity (Wildman–Crippen MR) is 106 cm³/mol. The zero-order valence-corrected chi connectivity index (χ0v) is 17.9. The molecule has 0 aliphatic rings. The Kier molecular flexibility index (Phi) is 7.46. The Labute approximate surface area is 178 Å². The Morgan fingerprint density at radius 3 is 2.13 bits per heavy atom. The summed E-state index contributed by atoms with van der Waals surface area (Å²) in [4.78, 5) is 33.1. The quantitative estimate of drug-likeness (QED) is 0.454. The second kappa shape index (κ2) is 9.66. The van der Waals surface area contributed by atoms with Crippen LogP contribution in [0.2, 0.25) is 0 Å². The van der Waals surface area contributed by atoms with Crippen LogP contribution in [0.1, 0.15) is 24.2 Å². The van der Waals surface area contributed by atoms with Crippen LogP contribution in [-0.4, -0.2) is 56.9 Å². The third-order valence-electron chi connectivity index (χ3n) is 3.88. The first-order valence-electron chi connectivity index (χ1n) is 8.73. The minimum absolute atomic E-state index is 0.0486. The molecule has 0 spiro atoms. The molecule has 1 aromatic carbocycles. The van der Waals surface area contributed by atoms with Crippen LogP contribution in [0.4, 0.5) is 10.3 Å². The molecule has 1 heterocycles. The lowest BCUT2D eigenvalue weighted by Crippen LogP contribution is -2.49. The summed E-state index contributed by atoms with van der Waals surface area (Å²) in [6.07, 6.45) is -3.76. The first kappa shape index (κ1) is 24.0. The normalized spacial score (nSPS) is 13.1. The minimum atomic E-state index is -4.33. The molecule has 2 rings (SSSR count). The molecule has 31 heavy (non-hydrogen) atoms. The van der Waals surface area contributed by atoms with Crippen molar-refractivity contribution < 1.29 is 36.6 Å². The SMILES string of the molecule is COc1cc(OC)nc(N(C(=O)c2ccccc2S(N)(=O)=O)C(OC(C)=O)C(C)F)n1. The number of methoxy groups -OCH3 is 2. The van der Waals surface area contributed by atoms with Crippen molar-refractivity contribution >= 4 is 27.8 Å². The number of halogens is 1. The molecule has 13 heteroatoms. The lowest BCUT2D eigenvalue weighted by Gasteiger charge is -2.30. The number of carbonyl (C=O) groups excluding carboxylic acids is 2. The third kappa shape index (κ3) is 5.64. The molecule has 2 unspecified atom stereocenters. The Morgan fingerprint density at radius 2 is 1.68 bits per heavy atom. The van der Waals surface area contributed by atoms with E-state index in [-0.39, 0.29) is 11.8 Å². The Bertz CT molecular complexity index is 1060. The molecule has 168 valence electrons. The van der Waals surface area contributed by atoms with Gasteiger partial charge in [-0.2, -0.15) is 9.97 Å². The lowest BCUT2D eigenvalue weighted by atomic mass is 10.2. The fraction of sp³-hybridized carbons (Fsp3) is 0.333. The molecule has 11 nitrogen and oxygen atoms in total. The summed E-state index contributed by atoms with van der Waals surface area (Å²) in [6, 6.07) is 6.30. The molecule has 2 N–H and O–H groups in total. The molecule has 0 saturated heterocycles. The summed E-state index contributed by atoms with van der Waals surface area (Å²) in [5.41, 5.74) is -0.409. The number of primary sulfonamides is 1. The van der Waals surface area contributed by atoms with Crippen LogP contribution in [0, 0.1) is 0 Å². The fourth-order valence-corrected chi connectivity index (χ4v) is 3.30. The highest BCUT2D eigenvalue weighted by atomic mass is 32.2. The maximum absolute atomic E-state index is 14.5. The van der Waals surface area contributed by atoms with Gasteiger partial charge in [-0.3, -0.25) is 9.59 Å². The molecule has 2 aromatic rings. The molecule has 0 bridgehead atoms. The van der Waals surface area contributed by atoms with Gasteiger partial charge < -0.3 is 14.2 Å². The first-order valence-corrected chi connectivity index (χ1v) is 10.3. The zero-order valence-electron chi connectivity index (χ0n) is 17.1. The van der Waals surface area contributed by atoms with E-state index in [4.69, 9.17) is 19.3 Å². The average Bonchev–Trinajstić information content (AvgIpc) is 2.71. The van der Waals surface area contributed by atoms with Gasteiger partial charge in [-0.05, 0) is 19.1 Å². The topological polar surface area (TPSA) is 151 Å². The van der Waals surface area contributed by atoms with Gasteiger partial charge in [-0.25, -0.2) is 22.8 Å². The van der Waals surface area contributed by atoms with E-state index in [1.165, 1.54) is 38.5 Å². The van der Waals surface area contributed by atoms with E-state index in [1.807, 2.05) is 0 Å². The number of ether oxygens (including phenoxy) is 3. The lowest BCUT2D eigenvalue weighted by molar-refractivity contribution is -0.148. The Morgan fingerprint density at radius 1 is 1.13 bits per heavy atom. The van der Waals surface area contributed by atoms with Gasteiger partial charge in [0.1, 0.15) is 0 Å². The number of anilines is 1. The van der Waals surface area contributed by atoms with Crippen LogP contribution < -0.4 is 19.5 Å². The number of carbonyl (C=O) groups is 2. The van der Waals surface area contributed by atoms with E-state index in [9.17, 15) is 22.4 Å². The number of aromatic nitrogens is 2. The molecule has 0 aliphatic carbocycles. The van der Waals surface area contributed by atoms with Crippen molar-refractivity contribution in [1.82, 2.24) is 9.97 Å². The van der Waals surface area contributed by atoms with Gasteiger partial charge in [0.2, 0.25) is 34.0 Å². The van der Waals surface area contributed by atoms with Gasteiger partial charge in [0.05, 0.1) is 30.7 Å². The smallest absolute Gasteiger partial charge is 0.304 e. The van der Waals surface area contributed by atoms with Crippen molar-refractivity contribution in [3.63, 3.8) is 0 Å². The van der Waals surface area contributed by atoms with Crippen molar-refractivity contribution in [2.45, 2.75) is 31.1 Å². The van der Waals surface area contributed by atoms with Crippen molar-refractivity contribution in [2.75, 3.05) is 19.1 Å². The van der Waals surface area contributed by atoms with E-state index >= 15 is 0 Å². The van der Waals surface area contributed by atoms with Crippen molar-refractivity contribution in [2.24, 2.45) is 5.14 Å². The molecular weight excluding hydrogens is 435 g/mol. The van der Waals surface area contributed by atoms with Gasteiger partial charge in [-0.15, -0.1) is 0 Å². The molecule has 0 aliphatic heterocycles. The van der Waals surface area contributed by atoms with Crippen LogP contribution in [0.25, 0.3) is 0 Å². The first-order chi connectivity index (χ1) is 14.5. The number of esters is 1. The number of alkyl halides is 1. The number of rotatable bonds is 8. The van der Waals surface area contributed by atoms with E-state index in [0.717, 1.165) is 19.9 Å². The van der Waals surface area contributed by atoms with Crippen LogP contribution in [0.15, 0.2) is 35.2 Å². The summed E-state index contributed by atoms with van der Waals surface area (Å²) in [6.45, 7) is 2.06. The maximum atomic E-state index is 14.5. The van der Waals surface area contributed by atoms with Crippen molar-refractivity contribution in [3.8, 4) is 11.8 Å². The molecule has 0 radical (unpaired) electrons. The largest absolute Gasteiger partial charge is 0.481 e. The highest BCUT2D eigenvalue weighted by molar-refractivity contribution is 7.89. The monoisotopic (exact) mass is 456 g/mol. The second-order valence-corrected chi connectivity index (χ2v) is 7.68. The van der Waals surface area contributed by atoms with Crippen LogP contribution in [-0.2, 0) is 19.6 Å². The summed E-state index contributed by atoms with van der Waals surface area (Å²) in [7, 11) is -1.75. The third-order valence-corrected chi connectivity index (χ3v) is 4.85. The van der Waals surface area contributed by atoms with Crippen LogP contribution in [0.3, 0.4) is 0 Å². The van der Waals surface area contributed by atoms with E-state index in [1.54, 1.807) is 0 Å². The minimum Gasteiger partial charge on any atom is -0.481 e. The van der Waals surface area contributed by atoms with Gasteiger partial charge in [-0.1, -0.05) is 12.1 Å². The van der Waals surface area contributed by atoms with Crippen LogP contribution in [0.5, 0.6) is 11.8 Å². The summed E-state index contributed by atoms with van der Waals surface area (Å²) < 4.78 is 53.5. The van der Waals surface area contributed by atoms with Crippen molar-refractivity contribution in [1.29, 1.82) is 0 Å². The zero-order chi connectivity index (χ0) is 23.3. The Hall–Kier alpha value is -3.32. The number of amides is 1. The molecule has 1 aromatic heterocycles. The summed E-state index contributed by atoms with van der Waals surface area (Å²) in [5, 5.41) is 5.21. The highest BCUT2D eigenvalue weighted by Gasteiger charge is 2.37. The van der Waals surface area contributed by atoms with E-state index in [2.05, 4.69) is 9.97 Å². The van der Waals surface area contributed by atoms with Gasteiger partial charge >= 0.3 is 5.97 Å². The van der Waals surface area contributed by atoms with Crippen molar-refractivity contribution in [3.05, 3.63) is 35.9 Å². The second-order valence-electron chi connectivity index (χ2n) is 6.15. The van der Waals surface area contributed by atoms with Gasteiger partial charge in [0.25, 0.3) is 5.91 Å². The van der Waals surface area contributed by atoms with Crippen LogP contribution >= 0.6 is 0 Å². The summed E-state index contributed by atoms with van der Waals surface area (Å²) in [5.74, 6) is -2.54. The summed E-state index contributed by atoms with van der Waals surface area (Å²) >= 11 is 0. The standard InChI is InChI=1S/C18H21FN4O7S/c1-10(19)17(30-11(2)24)23(18-21-14(28-3)9-15(22-18)29-4)16(25)12-7-5-6-8-13(12)31(20,26)27/h5-10,17H,1-4H3,(H2,20,26,27). The van der Waals surface area contributed by atoms with E-state index in [0.29, 0.717) is 4.90 Å². The predicted octanol–water partition coefficient (Wildman–Crippen LogP) is 1.04. The molecule has 2 atom stereocenters. The number of nitrogens with two attached hydrogens (primary N) is 1. The molecule has 0 saturated carbocycles.